The fourth-order valence-electron chi connectivity index (χ4n) is 1.71. The van der Waals surface area contributed by atoms with Gasteiger partial charge in [-0.05, 0) is 18.2 Å². The molecule has 0 aliphatic carbocycles. The first-order chi connectivity index (χ1) is 8.85. The summed E-state index contributed by atoms with van der Waals surface area (Å²) in [5.41, 5.74) is 0.270. The first-order valence-electron chi connectivity index (χ1n) is 5.65. The normalized spacial score (nSPS) is 16.1. The summed E-state index contributed by atoms with van der Waals surface area (Å²) in [5.74, 6) is -0.285. The molecule has 0 spiro atoms. The summed E-state index contributed by atoms with van der Waals surface area (Å²) in [4.78, 5) is 13.4. The van der Waals surface area contributed by atoms with Crippen LogP contribution in [0.4, 0.5) is 13.2 Å². The zero-order chi connectivity index (χ0) is 14.0. The Kier molecular flexibility index (Phi) is 3.66. The third kappa shape index (κ3) is 3.60. The van der Waals surface area contributed by atoms with Crippen molar-refractivity contribution in [1.82, 2.24) is 4.90 Å². The standard InChI is InChI=1S/C12H12F3NO3/c13-12(14,15)7-19-10-3-1-2-8(4-10)11(18)16-5-9(17)6-16/h1-4,9,17H,5-7H2/p+1. The van der Waals surface area contributed by atoms with Crippen LogP contribution in [0.1, 0.15) is 10.4 Å². The van der Waals surface area contributed by atoms with E-state index in [2.05, 4.69) is 4.74 Å². The molecule has 7 heteroatoms. The number of likely N-dealkylation sites (tertiary alicyclic amines) is 1. The number of carbonyl (C=O) groups is 1. The van der Waals surface area contributed by atoms with Crippen molar-refractivity contribution < 1.29 is 27.8 Å². The van der Waals surface area contributed by atoms with E-state index in [9.17, 15) is 18.0 Å². The lowest BCUT2D eigenvalue weighted by molar-refractivity contribution is -0.153. The van der Waals surface area contributed by atoms with E-state index in [0.29, 0.717) is 13.1 Å². The smallest absolute Gasteiger partial charge is 0.422 e. The highest BCUT2D eigenvalue weighted by Crippen LogP contribution is 2.21. The van der Waals surface area contributed by atoms with Gasteiger partial charge < -0.3 is 14.7 Å². The molecule has 4 nitrogen and oxygen atoms in total. The molecule has 0 radical (unpaired) electrons. The topological polar surface area (TPSA) is 52.4 Å². The second kappa shape index (κ2) is 5.08. The lowest BCUT2D eigenvalue weighted by Crippen LogP contribution is -2.53. The molecule has 1 aromatic carbocycles. The van der Waals surface area contributed by atoms with E-state index in [1.807, 2.05) is 0 Å². The van der Waals surface area contributed by atoms with E-state index >= 15 is 0 Å². The fourth-order valence-corrected chi connectivity index (χ4v) is 1.71. The van der Waals surface area contributed by atoms with Crippen LogP contribution in [0.15, 0.2) is 24.3 Å². The van der Waals surface area contributed by atoms with Crippen LogP contribution < -0.4 is 4.74 Å². The number of rotatable bonds is 3. The van der Waals surface area contributed by atoms with Crippen molar-refractivity contribution in [2.24, 2.45) is 0 Å². The molecule has 19 heavy (non-hydrogen) atoms. The molecule has 0 unspecified atom stereocenters. The summed E-state index contributed by atoms with van der Waals surface area (Å²) in [5, 5.41) is 7.33. The van der Waals surface area contributed by atoms with Gasteiger partial charge in [-0.2, -0.15) is 13.2 Å². The summed E-state index contributed by atoms with van der Waals surface area (Å²) < 4.78 is 40.6. The second-order valence-corrected chi connectivity index (χ2v) is 4.34. The van der Waals surface area contributed by atoms with Gasteiger partial charge in [0.25, 0.3) is 5.91 Å². The number of hydrogen-bond donors (Lipinski definition) is 0. The van der Waals surface area contributed by atoms with Gasteiger partial charge in [0.15, 0.2) is 12.7 Å². The Bertz CT molecular complexity index is 470. The predicted octanol–water partition coefficient (Wildman–Crippen LogP) is 1.18. The Labute approximate surface area is 107 Å². The lowest BCUT2D eigenvalue weighted by Gasteiger charge is -2.32. The molecule has 104 valence electrons. The molecule has 0 atom stereocenters. The van der Waals surface area contributed by atoms with E-state index in [1.54, 1.807) is 0 Å². The van der Waals surface area contributed by atoms with Crippen LogP contribution in [0.5, 0.6) is 5.75 Å². The lowest BCUT2D eigenvalue weighted by atomic mass is 10.1. The van der Waals surface area contributed by atoms with Crippen LogP contribution in [0.2, 0.25) is 0 Å². The molecule has 0 saturated carbocycles. The monoisotopic (exact) mass is 276 g/mol. The maximum Gasteiger partial charge on any atom is 0.422 e. The quantitative estimate of drug-likeness (QED) is 0.778. The van der Waals surface area contributed by atoms with Crippen molar-refractivity contribution in [3.8, 4) is 5.75 Å². The minimum absolute atomic E-state index is 0.00567. The first kappa shape index (κ1) is 13.7. The number of ether oxygens (including phenoxy) is 1. The van der Waals surface area contributed by atoms with Gasteiger partial charge in [0.05, 0.1) is 13.1 Å². The molecule has 1 fully saturated rings. The van der Waals surface area contributed by atoms with E-state index in [-0.39, 0.29) is 23.3 Å². The van der Waals surface area contributed by atoms with Crippen molar-refractivity contribution in [3.63, 3.8) is 0 Å². The molecule has 2 rings (SSSR count). The zero-order valence-corrected chi connectivity index (χ0v) is 9.91. The van der Waals surface area contributed by atoms with Crippen molar-refractivity contribution in [2.45, 2.75) is 12.3 Å². The molecule has 1 saturated heterocycles. The third-order valence-electron chi connectivity index (χ3n) is 2.65. The van der Waals surface area contributed by atoms with Crippen molar-refractivity contribution in [1.29, 1.82) is 0 Å². The highest BCUT2D eigenvalue weighted by Gasteiger charge is 2.33. The van der Waals surface area contributed by atoms with E-state index < -0.39 is 12.8 Å². The minimum Gasteiger partial charge on any atom is -0.484 e. The van der Waals surface area contributed by atoms with Gasteiger partial charge in [0, 0.05) is 5.56 Å². The van der Waals surface area contributed by atoms with Gasteiger partial charge in [-0.3, -0.25) is 4.79 Å². The predicted molar refractivity (Wildman–Crippen MR) is 61.3 cm³/mol. The molecule has 1 aliphatic rings. The molecule has 0 aromatic heterocycles. The molecule has 1 heterocycles. The van der Waals surface area contributed by atoms with Gasteiger partial charge in [0.1, 0.15) is 5.75 Å². The van der Waals surface area contributed by atoms with Crippen molar-refractivity contribution >= 4 is 5.91 Å². The molecular weight excluding hydrogens is 263 g/mol. The van der Waals surface area contributed by atoms with Gasteiger partial charge >= 0.3 is 6.18 Å². The molecule has 1 aromatic rings. The minimum atomic E-state index is -4.41. The molecule has 1 amide bonds. The van der Waals surface area contributed by atoms with Gasteiger partial charge in [0.2, 0.25) is 0 Å². The van der Waals surface area contributed by atoms with E-state index in [1.165, 1.54) is 29.2 Å². The summed E-state index contributed by atoms with van der Waals surface area (Å²) in [6.07, 6.45) is -4.68. The van der Waals surface area contributed by atoms with Crippen molar-refractivity contribution in [3.05, 3.63) is 29.8 Å². The Morgan fingerprint density at radius 1 is 1.42 bits per heavy atom. The number of amides is 1. The van der Waals surface area contributed by atoms with Crippen LogP contribution in [0, 0.1) is 0 Å². The largest absolute Gasteiger partial charge is 0.484 e. The average molecular weight is 276 g/mol. The highest BCUT2D eigenvalue weighted by molar-refractivity contribution is 5.95. The number of benzene rings is 1. The Morgan fingerprint density at radius 2 is 2.11 bits per heavy atom. The molecular formula is C12H13F3NO3+. The summed E-state index contributed by atoms with van der Waals surface area (Å²) in [7, 11) is 0. The SMILES string of the molecule is O=C(c1cccc(OCC(F)(F)F)c1)N1CC([OH2+])C1. The zero-order valence-electron chi connectivity index (χ0n) is 9.91. The molecule has 2 N–H and O–H groups in total. The van der Waals surface area contributed by atoms with Crippen molar-refractivity contribution in [2.75, 3.05) is 19.7 Å². The maximum atomic E-state index is 12.0. The highest BCUT2D eigenvalue weighted by atomic mass is 19.4. The van der Waals surface area contributed by atoms with Gasteiger partial charge in [-0.15, -0.1) is 0 Å². The number of halogens is 3. The number of alkyl halides is 3. The Hall–Kier alpha value is -1.76. The van der Waals surface area contributed by atoms with E-state index in [4.69, 9.17) is 5.11 Å². The second-order valence-electron chi connectivity index (χ2n) is 4.34. The van der Waals surface area contributed by atoms with Crippen LogP contribution in [0.25, 0.3) is 0 Å². The maximum absolute atomic E-state index is 12.0. The van der Waals surface area contributed by atoms with Crippen LogP contribution in [-0.2, 0) is 0 Å². The molecule has 0 bridgehead atoms. The van der Waals surface area contributed by atoms with Crippen LogP contribution >= 0.6 is 0 Å². The van der Waals surface area contributed by atoms with Gasteiger partial charge in [-0.25, -0.2) is 0 Å². The number of hydrogen-bond acceptors (Lipinski definition) is 2. The summed E-state index contributed by atoms with van der Waals surface area (Å²) in [6, 6.07) is 5.63. The number of nitrogens with zero attached hydrogens (tertiary/aromatic N) is 1. The first-order valence-corrected chi connectivity index (χ1v) is 5.65. The van der Waals surface area contributed by atoms with E-state index in [0.717, 1.165) is 0 Å². The number of carbonyl (C=O) groups excluding carboxylic acids is 1. The fraction of sp³-hybridized carbons (Fsp3) is 0.417. The third-order valence-corrected chi connectivity index (χ3v) is 2.65. The summed E-state index contributed by atoms with van der Waals surface area (Å²) >= 11 is 0. The summed E-state index contributed by atoms with van der Waals surface area (Å²) in [6.45, 7) is -0.678. The Morgan fingerprint density at radius 3 is 2.68 bits per heavy atom. The van der Waals surface area contributed by atoms with Gasteiger partial charge in [-0.1, -0.05) is 6.07 Å². The average Bonchev–Trinajstić information content (AvgIpc) is 2.31. The molecule has 1 aliphatic heterocycles. The van der Waals surface area contributed by atoms with Crippen LogP contribution in [0.3, 0.4) is 0 Å². The van der Waals surface area contributed by atoms with Crippen LogP contribution in [-0.4, -0.2) is 47.9 Å². The Balaban J connectivity index is 2.00.